The van der Waals surface area contributed by atoms with Gasteiger partial charge in [0.25, 0.3) is 0 Å². The second kappa shape index (κ2) is 2.23. The standard InChI is InChI=1S/C5H10N2O2/c1-6-3-2-4-7(9)5(6)8/h9H,2-4H2,1H3. The predicted molar refractivity (Wildman–Crippen MR) is 31.1 cm³/mol. The fourth-order valence-corrected chi connectivity index (χ4v) is 0.846. The van der Waals surface area contributed by atoms with Crippen LogP contribution in [0.1, 0.15) is 6.42 Å². The van der Waals surface area contributed by atoms with Gasteiger partial charge < -0.3 is 4.90 Å². The highest BCUT2D eigenvalue weighted by molar-refractivity contribution is 5.73. The molecule has 1 rings (SSSR count). The van der Waals surface area contributed by atoms with Crippen molar-refractivity contribution in [3.63, 3.8) is 0 Å². The van der Waals surface area contributed by atoms with Crippen molar-refractivity contribution < 1.29 is 10.0 Å². The molecular weight excluding hydrogens is 120 g/mol. The maximum Gasteiger partial charge on any atom is 0.343 e. The summed E-state index contributed by atoms with van der Waals surface area (Å²) in [7, 11) is 1.67. The van der Waals surface area contributed by atoms with E-state index < -0.39 is 0 Å². The van der Waals surface area contributed by atoms with Gasteiger partial charge in [-0.2, -0.15) is 0 Å². The van der Waals surface area contributed by atoms with E-state index >= 15 is 0 Å². The Kier molecular flexibility index (Phi) is 1.57. The Morgan fingerprint density at radius 2 is 2.22 bits per heavy atom. The van der Waals surface area contributed by atoms with E-state index in [9.17, 15) is 4.79 Å². The minimum absolute atomic E-state index is 0.304. The number of rotatable bonds is 0. The van der Waals surface area contributed by atoms with Crippen molar-refractivity contribution in [1.82, 2.24) is 9.96 Å². The number of nitrogens with zero attached hydrogens (tertiary/aromatic N) is 2. The Morgan fingerprint density at radius 3 is 2.67 bits per heavy atom. The van der Waals surface area contributed by atoms with Crippen molar-refractivity contribution in [2.24, 2.45) is 0 Å². The third kappa shape index (κ3) is 1.13. The molecule has 1 heterocycles. The van der Waals surface area contributed by atoms with E-state index in [0.29, 0.717) is 6.54 Å². The van der Waals surface area contributed by atoms with Crippen LogP contribution in [0.5, 0.6) is 0 Å². The molecule has 1 aliphatic heterocycles. The fraction of sp³-hybridized carbons (Fsp3) is 0.800. The molecule has 52 valence electrons. The van der Waals surface area contributed by atoms with Crippen LogP contribution in [0.2, 0.25) is 0 Å². The van der Waals surface area contributed by atoms with E-state index in [1.54, 1.807) is 7.05 Å². The van der Waals surface area contributed by atoms with Crippen molar-refractivity contribution in [1.29, 1.82) is 0 Å². The second-order valence-electron chi connectivity index (χ2n) is 2.18. The van der Waals surface area contributed by atoms with Gasteiger partial charge in [-0.05, 0) is 6.42 Å². The highest BCUT2D eigenvalue weighted by atomic mass is 16.5. The largest absolute Gasteiger partial charge is 0.343 e. The lowest BCUT2D eigenvalue weighted by atomic mass is 10.3. The molecule has 0 bridgehead atoms. The zero-order valence-electron chi connectivity index (χ0n) is 5.37. The summed E-state index contributed by atoms with van der Waals surface area (Å²) in [5, 5.41) is 9.53. The number of hydroxylamine groups is 2. The quantitative estimate of drug-likeness (QED) is 0.474. The lowest BCUT2D eigenvalue weighted by molar-refractivity contribution is -0.0683. The van der Waals surface area contributed by atoms with Crippen molar-refractivity contribution in [3.8, 4) is 0 Å². The SMILES string of the molecule is CN1CCCN(O)C1=O. The molecule has 0 spiro atoms. The van der Waals surface area contributed by atoms with Crippen LogP contribution >= 0.6 is 0 Å². The molecule has 9 heavy (non-hydrogen) atoms. The number of hydrogen-bond acceptors (Lipinski definition) is 2. The number of urea groups is 1. The first kappa shape index (κ1) is 6.35. The van der Waals surface area contributed by atoms with Crippen molar-refractivity contribution in [2.45, 2.75) is 6.42 Å². The van der Waals surface area contributed by atoms with Crippen LogP contribution in [-0.4, -0.2) is 41.3 Å². The van der Waals surface area contributed by atoms with E-state index in [1.165, 1.54) is 4.90 Å². The van der Waals surface area contributed by atoms with E-state index in [0.717, 1.165) is 18.0 Å². The molecule has 0 atom stereocenters. The van der Waals surface area contributed by atoms with E-state index in [-0.39, 0.29) is 6.03 Å². The summed E-state index contributed by atoms with van der Waals surface area (Å²) in [6, 6.07) is -0.304. The molecule has 1 N–H and O–H groups in total. The molecule has 0 aromatic rings. The first-order chi connectivity index (χ1) is 4.22. The van der Waals surface area contributed by atoms with Crippen LogP contribution in [0.15, 0.2) is 0 Å². The average Bonchev–Trinajstić information content (AvgIpc) is 1.83. The summed E-state index contributed by atoms with van der Waals surface area (Å²) in [6.45, 7) is 1.21. The van der Waals surface area contributed by atoms with Gasteiger partial charge in [-0.3, -0.25) is 5.21 Å². The maximum absolute atomic E-state index is 10.7. The minimum Gasteiger partial charge on any atom is -0.326 e. The third-order valence-corrected chi connectivity index (χ3v) is 1.41. The lowest BCUT2D eigenvalue weighted by Crippen LogP contribution is -2.45. The van der Waals surface area contributed by atoms with Gasteiger partial charge >= 0.3 is 6.03 Å². The molecule has 1 fully saturated rings. The zero-order valence-corrected chi connectivity index (χ0v) is 5.37. The van der Waals surface area contributed by atoms with Gasteiger partial charge in [-0.25, -0.2) is 9.86 Å². The van der Waals surface area contributed by atoms with Crippen LogP contribution in [-0.2, 0) is 0 Å². The Morgan fingerprint density at radius 1 is 1.56 bits per heavy atom. The van der Waals surface area contributed by atoms with Crippen LogP contribution in [0, 0.1) is 0 Å². The van der Waals surface area contributed by atoms with Crippen molar-refractivity contribution in [2.75, 3.05) is 20.1 Å². The molecule has 1 saturated heterocycles. The van der Waals surface area contributed by atoms with Crippen LogP contribution in [0.25, 0.3) is 0 Å². The zero-order chi connectivity index (χ0) is 6.85. The van der Waals surface area contributed by atoms with E-state index in [4.69, 9.17) is 5.21 Å². The molecule has 0 aromatic heterocycles. The molecule has 1 aliphatic rings. The Hall–Kier alpha value is -0.770. The van der Waals surface area contributed by atoms with Gasteiger partial charge in [0.05, 0.1) is 6.54 Å². The highest BCUT2D eigenvalue weighted by Crippen LogP contribution is 2.02. The molecule has 4 heteroatoms. The van der Waals surface area contributed by atoms with Crippen molar-refractivity contribution in [3.05, 3.63) is 0 Å². The number of carbonyl (C=O) groups is 1. The van der Waals surface area contributed by atoms with Gasteiger partial charge in [0.1, 0.15) is 0 Å². The maximum atomic E-state index is 10.7. The Labute approximate surface area is 53.6 Å². The Bertz CT molecular complexity index is 114. The number of carbonyl (C=O) groups excluding carboxylic acids is 1. The van der Waals surface area contributed by atoms with Gasteiger partial charge in [-0.15, -0.1) is 0 Å². The average molecular weight is 130 g/mol. The summed E-state index contributed by atoms with van der Waals surface area (Å²) < 4.78 is 0. The predicted octanol–water partition coefficient (Wildman–Crippen LogP) is 0.133. The van der Waals surface area contributed by atoms with Gasteiger partial charge in [0.2, 0.25) is 0 Å². The van der Waals surface area contributed by atoms with Crippen molar-refractivity contribution >= 4 is 6.03 Å². The van der Waals surface area contributed by atoms with E-state index in [1.807, 2.05) is 0 Å². The fourth-order valence-electron chi connectivity index (χ4n) is 0.846. The number of hydrogen-bond donors (Lipinski definition) is 1. The summed E-state index contributed by atoms with van der Waals surface area (Å²) in [6.07, 6.45) is 0.846. The molecule has 0 radical (unpaired) electrons. The Balaban J connectivity index is 2.52. The van der Waals surface area contributed by atoms with Crippen LogP contribution < -0.4 is 0 Å². The minimum atomic E-state index is -0.304. The first-order valence-electron chi connectivity index (χ1n) is 2.93. The van der Waals surface area contributed by atoms with Gasteiger partial charge in [0.15, 0.2) is 0 Å². The number of amides is 2. The first-order valence-corrected chi connectivity index (χ1v) is 2.93. The summed E-state index contributed by atoms with van der Waals surface area (Å²) in [5.41, 5.74) is 0. The summed E-state index contributed by atoms with van der Waals surface area (Å²) in [4.78, 5) is 12.2. The van der Waals surface area contributed by atoms with Gasteiger partial charge in [-0.1, -0.05) is 0 Å². The topological polar surface area (TPSA) is 43.8 Å². The third-order valence-electron chi connectivity index (χ3n) is 1.41. The molecule has 0 aromatic carbocycles. The molecule has 0 aliphatic carbocycles. The molecule has 2 amide bonds. The molecular formula is C5H10N2O2. The molecule has 0 saturated carbocycles. The summed E-state index contributed by atoms with van der Waals surface area (Å²) >= 11 is 0. The summed E-state index contributed by atoms with van der Waals surface area (Å²) in [5.74, 6) is 0. The van der Waals surface area contributed by atoms with Gasteiger partial charge in [0, 0.05) is 13.6 Å². The smallest absolute Gasteiger partial charge is 0.326 e. The molecule has 4 nitrogen and oxygen atoms in total. The van der Waals surface area contributed by atoms with E-state index in [2.05, 4.69) is 0 Å². The normalized spacial score (nSPS) is 20.9. The molecule has 0 unspecified atom stereocenters. The highest BCUT2D eigenvalue weighted by Gasteiger charge is 2.19. The van der Waals surface area contributed by atoms with Crippen LogP contribution in [0.4, 0.5) is 4.79 Å². The van der Waals surface area contributed by atoms with Crippen LogP contribution in [0.3, 0.4) is 0 Å². The monoisotopic (exact) mass is 130 g/mol. The lowest BCUT2D eigenvalue weighted by Gasteiger charge is -2.28. The second-order valence-corrected chi connectivity index (χ2v) is 2.18.